The average Bonchev–Trinajstić information content (AvgIpc) is 3.44. The number of guanidine groups is 1. The Morgan fingerprint density at radius 1 is 1.21 bits per heavy atom. The molecule has 1 saturated heterocycles. The lowest BCUT2D eigenvalue weighted by Gasteiger charge is -2.36. The molecule has 0 spiro atoms. The van der Waals surface area contributed by atoms with Crippen LogP contribution in [0.3, 0.4) is 0 Å². The molecule has 132 valence electrons. The molecule has 3 rings (SSSR count). The zero-order valence-corrected chi connectivity index (χ0v) is 15.3. The van der Waals surface area contributed by atoms with Gasteiger partial charge in [-0.2, -0.15) is 0 Å². The van der Waals surface area contributed by atoms with E-state index in [2.05, 4.69) is 38.7 Å². The van der Waals surface area contributed by atoms with Crippen LogP contribution in [0.15, 0.2) is 29.3 Å². The lowest BCUT2D eigenvalue weighted by Crippen LogP contribution is -2.51. The molecule has 0 radical (unpaired) electrons. The molecule has 5 nitrogen and oxygen atoms in total. The van der Waals surface area contributed by atoms with Gasteiger partial charge in [0.25, 0.3) is 0 Å². The quantitative estimate of drug-likeness (QED) is 0.632. The summed E-state index contributed by atoms with van der Waals surface area (Å²) in [6, 6.07) is 8.84. The minimum atomic E-state index is 0.692. The molecule has 0 amide bonds. The lowest BCUT2D eigenvalue weighted by atomic mass is 10.2. The van der Waals surface area contributed by atoms with Gasteiger partial charge in [-0.05, 0) is 43.7 Å². The summed E-state index contributed by atoms with van der Waals surface area (Å²) in [6.07, 6.45) is 2.69. The maximum atomic E-state index is 6.19. The predicted octanol–water partition coefficient (Wildman–Crippen LogP) is 2.26. The van der Waals surface area contributed by atoms with E-state index in [0.717, 1.165) is 56.9 Å². The molecule has 1 aromatic carbocycles. The summed E-state index contributed by atoms with van der Waals surface area (Å²) in [6.45, 7) is 8.90. The summed E-state index contributed by atoms with van der Waals surface area (Å²) in [5.41, 5.74) is 7.41. The van der Waals surface area contributed by atoms with E-state index in [1.165, 1.54) is 18.5 Å². The third-order valence-corrected chi connectivity index (χ3v) is 5.18. The lowest BCUT2D eigenvalue weighted by molar-refractivity contribution is 0.285. The fourth-order valence-corrected chi connectivity index (χ4v) is 3.40. The van der Waals surface area contributed by atoms with E-state index in [9.17, 15) is 0 Å². The standard InChI is InChI=1S/C18H28ClN5/c1-2-22(16-7-8-16)10-9-21-18(20)24-13-11-23(12-14-24)17-5-3-15(19)4-6-17/h3-6,16H,2,7-14H2,1H3,(H2,20,21). The maximum Gasteiger partial charge on any atom is 0.191 e. The molecule has 1 aliphatic carbocycles. The Kier molecular flexibility index (Phi) is 5.85. The summed E-state index contributed by atoms with van der Waals surface area (Å²) < 4.78 is 0. The average molecular weight is 350 g/mol. The minimum absolute atomic E-state index is 0.692. The number of benzene rings is 1. The fraction of sp³-hybridized carbons (Fsp3) is 0.611. The summed E-state index contributed by atoms with van der Waals surface area (Å²) >= 11 is 5.96. The van der Waals surface area contributed by atoms with Crippen molar-refractivity contribution in [3.63, 3.8) is 0 Å². The molecule has 24 heavy (non-hydrogen) atoms. The Bertz CT molecular complexity index is 547. The first kappa shape index (κ1) is 17.4. The molecule has 2 aliphatic rings. The Labute approximate surface area is 150 Å². The van der Waals surface area contributed by atoms with Crippen LogP contribution in [-0.4, -0.2) is 67.6 Å². The molecule has 1 aromatic rings. The number of halogens is 1. The molecule has 0 aromatic heterocycles. The molecule has 1 saturated carbocycles. The largest absolute Gasteiger partial charge is 0.370 e. The summed E-state index contributed by atoms with van der Waals surface area (Å²) in [7, 11) is 0. The SMILES string of the molecule is CCN(CCN=C(N)N1CCN(c2ccc(Cl)cc2)CC1)C1CC1. The Hall–Kier alpha value is -1.46. The second-order valence-electron chi connectivity index (χ2n) is 6.55. The van der Waals surface area contributed by atoms with Crippen LogP contribution in [0.1, 0.15) is 19.8 Å². The van der Waals surface area contributed by atoms with Crippen LogP contribution in [0.25, 0.3) is 0 Å². The maximum absolute atomic E-state index is 6.19. The molecule has 0 bridgehead atoms. The van der Waals surface area contributed by atoms with Gasteiger partial charge >= 0.3 is 0 Å². The van der Waals surface area contributed by atoms with Gasteiger partial charge in [0.05, 0.1) is 6.54 Å². The highest BCUT2D eigenvalue weighted by atomic mass is 35.5. The van der Waals surface area contributed by atoms with Gasteiger partial charge in [0.2, 0.25) is 0 Å². The van der Waals surface area contributed by atoms with Crippen LogP contribution in [0.5, 0.6) is 0 Å². The first-order valence-corrected chi connectivity index (χ1v) is 9.34. The molecule has 0 unspecified atom stereocenters. The van der Waals surface area contributed by atoms with E-state index in [-0.39, 0.29) is 0 Å². The van der Waals surface area contributed by atoms with Gasteiger partial charge in [0.15, 0.2) is 5.96 Å². The van der Waals surface area contributed by atoms with Crippen LogP contribution < -0.4 is 10.6 Å². The second-order valence-corrected chi connectivity index (χ2v) is 6.99. The number of nitrogens with two attached hydrogens (primary N) is 1. The molecule has 1 heterocycles. The monoisotopic (exact) mass is 349 g/mol. The molecular formula is C18H28ClN5. The predicted molar refractivity (Wildman–Crippen MR) is 102 cm³/mol. The third kappa shape index (κ3) is 4.54. The Balaban J connectivity index is 1.44. The van der Waals surface area contributed by atoms with Gasteiger partial charge in [-0.1, -0.05) is 18.5 Å². The third-order valence-electron chi connectivity index (χ3n) is 4.93. The van der Waals surface area contributed by atoms with Crippen LogP contribution >= 0.6 is 11.6 Å². The number of nitrogens with zero attached hydrogens (tertiary/aromatic N) is 4. The second kappa shape index (κ2) is 8.08. The van der Waals surface area contributed by atoms with Gasteiger partial charge in [0.1, 0.15) is 0 Å². The number of hydrogen-bond donors (Lipinski definition) is 1. The molecule has 6 heteroatoms. The normalized spacial score (nSPS) is 19.2. The number of rotatable bonds is 6. The fourth-order valence-electron chi connectivity index (χ4n) is 3.28. The highest BCUT2D eigenvalue weighted by Crippen LogP contribution is 2.26. The highest BCUT2D eigenvalue weighted by molar-refractivity contribution is 6.30. The van der Waals surface area contributed by atoms with Gasteiger partial charge in [-0.25, -0.2) is 0 Å². The van der Waals surface area contributed by atoms with Crippen molar-refractivity contribution in [3.05, 3.63) is 29.3 Å². The highest BCUT2D eigenvalue weighted by Gasteiger charge is 2.27. The van der Waals surface area contributed by atoms with E-state index in [4.69, 9.17) is 17.3 Å². The number of piperazine rings is 1. The number of anilines is 1. The molecule has 0 atom stereocenters. The summed E-state index contributed by atoms with van der Waals surface area (Å²) in [4.78, 5) is 11.7. The Morgan fingerprint density at radius 2 is 1.88 bits per heavy atom. The topological polar surface area (TPSA) is 48.1 Å². The van der Waals surface area contributed by atoms with E-state index in [1.54, 1.807) is 0 Å². The van der Waals surface area contributed by atoms with Crippen molar-refractivity contribution in [3.8, 4) is 0 Å². The van der Waals surface area contributed by atoms with Crippen molar-refractivity contribution in [2.24, 2.45) is 10.7 Å². The van der Waals surface area contributed by atoms with Crippen molar-refractivity contribution in [2.75, 3.05) is 50.7 Å². The van der Waals surface area contributed by atoms with Crippen molar-refractivity contribution in [1.82, 2.24) is 9.80 Å². The minimum Gasteiger partial charge on any atom is -0.370 e. The van der Waals surface area contributed by atoms with Crippen molar-refractivity contribution < 1.29 is 0 Å². The smallest absolute Gasteiger partial charge is 0.191 e. The first-order valence-electron chi connectivity index (χ1n) is 8.97. The van der Waals surface area contributed by atoms with E-state index in [1.807, 2.05) is 12.1 Å². The molecular weight excluding hydrogens is 322 g/mol. The first-order chi connectivity index (χ1) is 11.7. The van der Waals surface area contributed by atoms with Crippen molar-refractivity contribution in [1.29, 1.82) is 0 Å². The van der Waals surface area contributed by atoms with Crippen molar-refractivity contribution >= 4 is 23.2 Å². The van der Waals surface area contributed by atoms with Gasteiger partial charge < -0.3 is 15.5 Å². The van der Waals surface area contributed by atoms with Crippen LogP contribution in [0.4, 0.5) is 5.69 Å². The summed E-state index contributed by atoms with van der Waals surface area (Å²) in [5, 5.41) is 0.779. The number of hydrogen-bond acceptors (Lipinski definition) is 3. The van der Waals surface area contributed by atoms with Crippen molar-refractivity contribution in [2.45, 2.75) is 25.8 Å². The molecule has 2 N–H and O–H groups in total. The molecule has 1 aliphatic heterocycles. The van der Waals surface area contributed by atoms with Crippen LogP contribution in [0, 0.1) is 0 Å². The van der Waals surface area contributed by atoms with Gasteiger partial charge in [0, 0.05) is 49.5 Å². The number of likely N-dealkylation sites (N-methyl/N-ethyl adjacent to an activating group) is 1. The molecule has 2 fully saturated rings. The number of aliphatic imine (C=N–C) groups is 1. The van der Waals surface area contributed by atoms with E-state index >= 15 is 0 Å². The summed E-state index contributed by atoms with van der Waals surface area (Å²) in [5.74, 6) is 0.692. The Morgan fingerprint density at radius 3 is 2.46 bits per heavy atom. The van der Waals surface area contributed by atoms with Gasteiger partial charge in [-0.15, -0.1) is 0 Å². The van der Waals surface area contributed by atoms with Crippen LogP contribution in [-0.2, 0) is 0 Å². The van der Waals surface area contributed by atoms with Gasteiger partial charge in [-0.3, -0.25) is 9.89 Å². The van der Waals surface area contributed by atoms with E-state index < -0.39 is 0 Å². The van der Waals surface area contributed by atoms with Crippen LogP contribution in [0.2, 0.25) is 5.02 Å². The zero-order chi connectivity index (χ0) is 16.9. The van der Waals surface area contributed by atoms with E-state index in [0.29, 0.717) is 5.96 Å². The zero-order valence-electron chi connectivity index (χ0n) is 14.5.